The fraction of sp³-hybridized carbons (Fsp3) is 0.188. The first-order chi connectivity index (χ1) is 16.6. The van der Waals surface area contributed by atoms with E-state index in [1.165, 1.54) is 38.2 Å². The zero-order valence-electron chi connectivity index (χ0n) is 20.3. The van der Waals surface area contributed by atoms with Crippen LogP contribution in [0.3, 0.4) is 0 Å². The molecular formula is C32H32S2. The van der Waals surface area contributed by atoms with Crippen molar-refractivity contribution in [3.63, 3.8) is 0 Å². The summed E-state index contributed by atoms with van der Waals surface area (Å²) in [5.41, 5.74) is 6.07. The number of hydrogen-bond acceptors (Lipinski definition) is 2. The van der Waals surface area contributed by atoms with Crippen LogP contribution in [-0.2, 0) is 0 Å². The van der Waals surface area contributed by atoms with Gasteiger partial charge in [0.05, 0.1) is 0 Å². The first-order valence-corrected chi connectivity index (χ1v) is 13.0. The van der Waals surface area contributed by atoms with Gasteiger partial charge in [-0.2, -0.15) is 0 Å². The van der Waals surface area contributed by atoms with Gasteiger partial charge in [0.15, 0.2) is 0 Å². The van der Waals surface area contributed by atoms with Crippen molar-refractivity contribution in [2.45, 2.75) is 49.8 Å². The van der Waals surface area contributed by atoms with Crippen molar-refractivity contribution in [2.75, 3.05) is 0 Å². The fourth-order valence-corrected chi connectivity index (χ4v) is 5.33. The maximum atomic E-state index is 4.82. The van der Waals surface area contributed by atoms with Crippen molar-refractivity contribution in [2.24, 2.45) is 0 Å². The van der Waals surface area contributed by atoms with Gasteiger partial charge in [-0.05, 0) is 79.9 Å². The molecule has 0 saturated heterocycles. The van der Waals surface area contributed by atoms with Gasteiger partial charge < -0.3 is 0 Å². The quantitative estimate of drug-likeness (QED) is 0.185. The Morgan fingerprint density at radius 2 is 1.18 bits per heavy atom. The predicted molar refractivity (Wildman–Crippen MR) is 157 cm³/mol. The van der Waals surface area contributed by atoms with Gasteiger partial charge in [0.25, 0.3) is 0 Å². The molecule has 0 saturated carbocycles. The molecule has 1 unspecified atom stereocenters. The molecule has 0 heterocycles. The van der Waals surface area contributed by atoms with Gasteiger partial charge >= 0.3 is 0 Å². The molecule has 0 aliphatic carbocycles. The van der Waals surface area contributed by atoms with Gasteiger partial charge in [-0.1, -0.05) is 100 Å². The van der Waals surface area contributed by atoms with Crippen LogP contribution in [0.5, 0.6) is 0 Å². The van der Waals surface area contributed by atoms with E-state index in [1.807, 2.05) is 13.8 Å². The van der Waals surface area contributed by atoms with Crippen LogP contribution in [0.2, 0.25) is 0 Å². The van der Waals surface area contributed by atoms with Crippen molar-refractivity contribution >= 4 is 46.8 Å². The van der Waals surface area contributed by atoms with Gasteiger partial charge in [-0.25, -0.2) is 0 Å². The molecule has 1 atom stereocenters. The second kappa shape index (κ2) is 10.7. The third kappa shape index (κ3) is 4.62. The van der Waals surface area contributed by atoms with Crippen LogP contribution in [0, 0.1) is 0 Å². The van der Waals surface area contributed by atoms with E-state index in [2.05, 4.69) is 105 Å². The number of thiol groups is 2. The van der Waals surface area contributed by atoms with Crippen LogP contribution in [0.25, 0.3) is 43.8 Å². The van der Waals surface area contributed by atoms with Gasteiger partial charge in [0.2, 0.25) is 0 Å². The maximum absolute atomic E-state index is 4.82. The summed E-state index contributed by atoms with van der Waals surface area (Å²) in [6.07, 6.45) is 1.09. The van der Waals surface area contributed by atoms with Gasteiger partial charge in [0, 0.05) is 9.79 Å². The molecule has 0 bridgehead atoms. The Kier molecular flexibility index (Phi) is 7.70. The summed E-state index contributed by atoms with van der Waals surface area (Å²) in [6, 6.07) is 32.8. The highest BCUT2D eigenvalue weighted by atomic mass is 32.1. The summed E-state index contributed by atoms with van der Waals surface area (Å²) in [4.78, 5) is 2.04. The van der Waals surface area contributed by atoms with Gasteiger partial charge in [-0.15, -0.1) is 25.3 Å². The molecule has 5 aromatic carbocycles. The Bertz CT molecular complexity index is 1380. The summed E-state index contributed by atoms with van der Waals surface area (Å²) < 4.78 is 0. The topological polar surface area (TPSA) is 0 Å². The minimum Gasteiger partial charge on any atom is -0.143 e. The normalized spacial score (nSPS) is 11.8. The standard InChI is InChI=1S/C30H26S2.C2H6/c1-3-19(2)26-17-29(32)27(18-28(26)31)20-12-14-21(15-13-20)30-24-10-6-4-8-22(24)16-23-9-5-7-11-25(23)30;1-2/h4-19,31-32H,3H2,1-2H3;1-2H3. The highest BCUT2D eigenvalue weighted by Gasteiger charge is 2.13. The number of benzene rings is 5. The first kappa shape index (κ1) is 24.4. The molecular weight excluding hydrogens is 448 g/mol. The van der Waals surface area contributed by atoms with E-state index in [4.69, 9.17) is 25.3 Å². The van der Waals surface area contributed by atoms with Gasteiger partial charge in [-0.3, -0.25) is 0 Å². The summed E-state index contributed by atoms with van der Waals surface area (Å²) in [5.74, 6) is 0.476. The molecule has 0 amide bonds. The lowest BCUT2D eigenvalue weighted by Crippen LogP contribution is -1.95. The minimum absolute atomic E-state index is 0.476. The molecule has 0 aliphatic rings. The van der Waals surface area contributed by atoms with Crippen LogP contribution >= 0.6 is 25.3 Å². The monoisotopic (exact) mass is 480 g/mol. The van der Waals surface area contributed by atoms with Crippen molar-refractivity contribution in [1.29, 1.82) is 0 Å². The lowest BCUT2D eigenvalue weighted by molar-refractivity contribution is 0.717. The summed E-state index contributed by atoms with van der Waals surface area (Å²) in [6.45, 7) is 8.45. The molecule has 0 radical (unpaired) electrons. The average Bonchev–Trinajstić information content (AvgIpc) is 2.89. The Morgan fingerprint density at radius 3 is 1.74 bits per heavy atom. The van der Waals surface area contributed by atoms with Crippen molar-refractivity contribution in [3.05, 3.63) is 96.6 Å². The van der Waals surface area contributed by atoms with E-state index >= 15 is 0 Å². The smallest absolute Gasteiger partial charge is 0.0122 e. The Labute approximate surface area is 214 Å². The molecule has 0 aliphatic heterocycles. The summed E-state index contributed by atoms with van der Waals surface area (Å²) in [5, 5.41) is 5.10. The average molecular weight is 481 g/mol. The molecule has 172 valence electrons. The molecule has 0 nitrogen and oxygen atoms in total. The van der Waals surface area contributed by atoms with Crippen LogP contribution in [0.15, 0.2) is 101 Å². The predicted octanol–water partition coefficient (Wildman–Crippen LogP) is 10.4. The zero-order valence-corrected chi connectivity index (χ0v) is 22.1. The molecule has 0 aromatic heterocycles. The summed E-state index contributed by atoms with van der Waals surface area (Å²) in [7, 11) is 0. The summed E-state index contributed by atoms with van der Waals surface area (Å²) >= 11 is 9.60. The maximum Gasteiger partial charge on any atom is 0.0122 e. The van der Waals surface area contributed by atoms with Crippen molar-refractivity contribution in [3.8, 4) is 22.3 Å². The highest BCUT2D eigenvalue weighted by Crippen LogP contribution is 2.39. The van der Waals surface area contributed by atoms with Crippen LogP contribution in [0.1, 0.15) is 45.6 Å². The van der Waals surface area contributed by atoms with E-state index in [-0.39, 0.29) is 0 Å². The third-order valence-corrected chi connectivity index (χ3v) is 7.30. The second-order valence-electron chi connectivity index (χ2n) is 8.51. The zero-order chi connectivity index (χ0) is 24.2. The van der Waals surface area contributed by atoms with Crippen LogP contribution in [-0.4, -0.2) is 0 Å². The highest BCUT2D eigenvalue weighted by molar-refractivity contribution is 7.80. The fourth-order valence-electron chi connectivity index (χ4n) is 4.58. The lowest BCUT2D eigenvalue weighted by atomic mass is 9.91. The molecule has 0 fully saturated rings. The third-order valence-electron chi connectivity index (χ3n) is 6.54. The molecule has 5 rings (SSSR count). The first-order valence-electron chi connectivity index (χ1n) is 12.1. The van der Waals surface area contributed by atoms with Crippen molar-refractivity contribution in [1.82, 2.24) is 0 Å². The van der Waals surface area contributed by atoms with E-state index in [1.54, 1.807) is 0 Å². The number of hydrogen-bond donors (Lipinski definition) is 2. The van der Waals surface area contributed by atoms with E-state index in [0.717, 1.165) is 27.3 Å². The minimum atomic E-state index is 0.476. The second-order valence-corrected chi connectivity index (χ2v) is 9.47. The Balaban J connectivity index is 0.00000133. The lowest BCUT2D eigenvalue weighted by Gasteiger charge is -2.16. The van der Waals surface area contributed by atoms with E-state index < -0.39 is 0 Å². The Hall–Kier alpha value is -2.68. The van der Waals surface area contributed by atoms with E-state index in [9.17, 15) is 0 Å². The Morgan fingerprint density at radius 1 is 0.647 bits per heavy atom. The molecule has 0 spiro atoms. The largest absolute Gasteiger partial charge is 0.143 e. The SMILES string of the molecule is CC.CCC(C)c1cc(S)c(-c2ccc(-c3c4ccccc4cc4ccccc34)cc2)cc1S. The molecule has 0 N–H and O–H groups in total. The van der Waals surface area contributed by atoms with E-state index in [0.29, 0.717) is 5.92 Å². The van der Waals surface area contributed by atoms with Crippen molar-refractivity contribution < 1.29 is 0 Å². The molecule has 34 heavy (non-hydrogen) atoms. The van der Waals surface area contributed by atoms with Crippen LogP contribution in [0.4, 0.5) is 0 Å². The van der Waals surface area contributed by atoms with Crippen LogP contribution < -0.4 is 0 Å². The number of fused-ring (bicyclic) bond motifs is 2. The molecule has 5 aromatic rings. The number of rotatable bonds is 4. The molecule has 2 heteroatoms. The van der Waals surface area contributed by atoms with Gasteiger partial charge in [0.1, 0.15) is 0 Å².